The van der Waals surface area contributed by atoms with Gasteiger partial charge in [0.25, 0.3) is 0 Å². The van der Waals surface area contributed by atoms with Crippen molar-refractivity contribution in [1.29, 1.82) is 0 Å². The van der Waals surface area contributed by atoms with Gasteiger partial charge >= 0.3 is 0 Å². The van der Waals surface area contributed by atoms with Crippen molar-refractivity contribution in [3.05, 3.63) is 45.7 Å². The van der Waals surface area contributed by atoms with Gasteiger partial charge in [0.2, 0.25) is 5.91 Å². The fourth-order valence-electron chi connectivity index (χ4n) is 1.79. The molecule has 0 bridgehead atoms. The van der Waals surface area contributed by atoms with E-state index in [1.807, 2.05) is 6.92 Å². The minimum atomic E-state index is -0.356. The Morgan fingerprint density at radius 1 is 1.38 bits per heavy atom. The summed E-state index contributed by atoms with van der Waals surface area (Å²) in [6, 6.07) is 3.85. The fourth-order valence-corrected chi connectivity index (χ4v) is 2.02. The molecule has 1 aromatic rings. The first kappa shape index (κ1) is 11.1. The average molecular weight is 240 g/mol. The lowest BCUT2D eigenvalue weighted by Gasteiger charge is -2.14. The largest absolute Gasteiger partial charge is 0.342 e. The lowest BCUT2D eigenvalue weighted by atomic mass is 10.00. The summed E-state index contributed by atoms with van der Waals surface area (Å²) in [6.07, 6.45) is 0. The SMILES string of the molecule is CC1=C(C)[C@H](c2cc(F)ccc2Cl)NC1=O. The highest BCUT2D eigenvalue weighted by Crippen LogP contribution is 2.33. The molecular weight excluding hydrogens is 229 g/mol. The standard InChI is InChI=1S/C12H11ClFNO/c1-6-7(2)12(16)15-11(6)9-5-8(14)3-4-10(9)13/h3-5,11H,1-2H3,(H,15,16)/t11-/m1/s1. The van der Waals surface area contributed by atoms with Crippen LogP contribution in [0.2, 0.25) is 5.02 Å². The van der Waals surface area contributed by atoms with Crippen LogP contribution in [0.3, 0.4) is 0 Å². The lowest BCUT2D eigenvalue weighted by Crippen LogP contribution is -2.21. The number of benzene rings is 1. The zero-order valence-electron chi connectivity index (χ0n) is 8.97. The van der Waals surface area contributed by atoms with Crippen molar-refractivity contribution >= 4 is 17.5 Å². The first-order chi connectivity index (χ1) is 7.50. The van der Waals surface area contributed by atoms with Crippen LogP contribution in [0, 0.1) is 5.82 Å². The highest BCUT2D eigenvalue weighted by molar-refractivity contribution is 6.31. The van der Waals surface area contributed by atoms with E-state index in [0.717, 1.165) is 5.57 Å². The van der Waals surface area contributed by atoms with E-state index < -0.39 is 0 Å². The van der Waals surface area contributed by atoms with E-state index in [4.69, 9.17) is 11.6 Å². The summed E-state index contributed by atoms with van der Waals surface area (Å²) in [5.41, 5.74) is 2.16. The lowest BCUT2D eigenvalue weighted by molar-refractivity contribution is -0.117. The van der Waals surface area contributed by atoms with Gasteiger partial charge in [-0.25, -0.2) is 4.39 Å². The molecule has 0 spiro atoms. The number of hydrogen-bond acceptors (Lipinski definition) is 1. The van der Waals surface area contributed by atoms with E-state index in [2.05, 4.69) is 5.32 Å². The van der Waals surface area contributed by atoms with Crippen molar-refractivity contribution in [1.82, 2.24) is 5.32 Å². The number of hydrogen-bond donors (Lipinski definition) is 1. The van der Waals surface area contributed by atoms with E-state index >= 15 is 0 Å². The van der Waals surface area contributed by atoms with Gasteiger partial charge < -0.3 is 5.32 Å². The van der Waals surface area contributed by atoms with Gasteiger partial charge in [0, 0.05) is 16.2 Å². The monoisotopic (exact) mass is 239 g/mol. The predicted molar refractivity (Wildman–Crippen MR) is 60.7 cm³/mol. The zero-order valence-corrected chi connectivity index (χ0v) is 9.73. The maximum Gasteiger partial charge on any atom is 0.247 e. The van der Waals surface area contributed by atoms with Crippen LogP contribution < -0.4 is 5.32 Å². The Morgan fingerprint density at radius 3 is 2.62 bits per heavy atom. The van der Waals surface area contributed by atoms with Gasteiger partial charge in [-0.2, -0.15) is 0 Å². The van der Waals surface area contributed by atoms with Gasteiger partial charge in [0.05, 0.1) is 6.04 Å². The minimum absolute atomic E-state index is 0.122. The van der Waals surface area contributed by atoms with Crippen LogP contribution >= 0.6 is 11.6 Å². The third-order valence-corrected chi connectivity index (χ3v) is 3.25. The zero-order chi connectivity index (χ0) is 11.9. The van der Waals surface area contributed by atoms with Gasteiger partial charge in [0.1, 0.15) is 5.82 Å². The molecule has 0 aliphatic carbocycles. The second-order valence-corrected chi connectivity index (χ2v) is 4.29. The first-order valence-corrected chi connectivity index (χ1v) is 5.31. The van der Waals surface area contributed by atoms with Crippen molar-refractivity contribution in [2.24, 2.45) is 0 Å². The number of nitrogens with one attached hydrogen (secondary N) is 1. The Kier molecular flexibility index (Phi) is 2.72. The molecule has 84 valence electrons. The second kappa shape index (κ2) is 3.91. The second-order valence-electron chi connectivity index (χ2n) is 3.88. The van der Waals surface area contributed by atoms with E-state index in [-0.39, 0.29) is 17.8 Å². The maximum atomic E-state index is 13.1. The van der Waals surface area contributed by atoms with Crippen LogP contribution in [-0.2, 0) is 4.79 Å². The van der Waals surface area contributed by atoms with Crippen molar-refractivity contribution in [2.75, 3.05) is 0 Å². The molecule has 1 aromatic carbocycles. The Morgan fingerprint density at radius 2 is 2.06 bits per heavy atom. The molecule has 0 saturated heterocycles. The predicted octanol–water partition coefficient (Wildman–Crippen LogP) is 2.99. The van der Waals surface area contributed by atoms with Gasteiger partial charge in [-0.1, -0.05) is 11.6 Å². The Balaban J connectivity index is 2.47. The van der Waals surface area contributed by atoms with Crippen LogP contribution in [0.4, 0.5) is 4.39 Å². The van der Waals surface area contributed by atoms with Crippen molar-refractivity contribution in [3.63, 3.8) is 0 Å². The van der Waals surface area contributed by atoms with E-state index in [9.17, 15) is 9.18 Å². The fraction of sp³-hybridized carbons (Fsp3) is 0.250. The molecule has 1 aliphatic rings. The minimum Gasteiger partial charge on any atom is -0.342 e. The van der Waals surface area contributed by atoms with Crippen LogP contribution in [0.1, 0.15) is 25.5 Å². The molecule has 1 amide bonds. The van der Waals surface area contributed by atoms with Gasteiger partial charge in [0.15, 0.2) is 0 Å². The van der Waals surface area contributed by atoms with Crippen molar-refractivity contribution in [2.45, 2.75) is 19.9 Å². The third-order valence-electron chi connectivity index (χ3n) is 2.91. The van der Waals surface area contributed by atoms with Crippen molar-refractivity contribution < 1.29 is 9.18 Å². The molecule has 0 aromatic heterocycles. The topological polar surface area (TPSA) is 29.1 Å². The number of amides is 1. The molecule has 0 radical (unpaired) electrons. The molecule has 1 atom stereocenters. The Bertz CT molecular complexity index is 496. The molecule has 1 N–H and O–H groups in total. The molecule has 0 saturated carbocycles. The summed E-state index contributed by atoms with van der Waals surface area (Å²) in [5.74, 6) is -0.478. The van der Waals surface area contributed by atoms with Crippen LogP contribution in [0.15, 0.2) is 29.3 Å². The summed E-state index contributed by atoms with van der Waals surface area (Å²) >= 11 is 6.00. The van der Waals surface area contributed by atoms with Crippen molar-refractivity contribution in [3.8, 4) is 0 Å². The van der Waals surface area contributed by atoms with E-state index in [1.165, 1.54) is 18.2 Å². The Hall–Kier alpha value is -1.35. The molecule has 2 nitrogen and oxygen atoms in total. The molecule has 0 unspecified atom stereocenters. The van der Waals surface area contributed by atoms with Gasteiger partial charge in [-0.3, -0.25) is 4.79 Å². The first-order valence-electron chi connectivity index (χ1n) is 4.94. The van der Waals surface area contributed by atoms with E-state index in [0.29, 0.717) is 16.2 Å². The summed E-state index contributed by atoms with van der Waals surface area (Å²) in [4.78, 5) is 11.5. The molecule has 16 heavy (non-hydrogen) atoms. The maximum absolute atomic E-state index is 13.1. The van der Waals surface area contributed by atoms with Crippen LogP contribution in [0.25, 0.3) is 0 Å². The summed E-state index contributed by atoms with van der Waals surface area (Å²) in [6.45, 7) is 3.59. The van der Waals surface area contributed by atoms with Gasteiger partial charge in [-0.15, -0.1) is 0 Å². The summed E-state index contributed by atoms with van der Waals surface area (Å²) in [5, 5.41) is 3.23. The van der Waals surface area contributed by atoms with Gasteiger partial charge in [-0.05, 0) is 37.6 Å². The summed E-state index contributed by atoms with van der Waals surface area (Å²) < 4.78 is 13.1. The molecule has 1 aliphatic heterocycles. The molecular formula is C12H11ClFNO. The van der Waals surface area contributed by atoms with Crippen LogP contribution in [0.5, 0.6) is 0 Å². The van der Waals surface area contributed by atoms with Crippen LogP contribution in [-0.4, -0.2) is 5.91 Å². The average Bonchev–Trinajstić information content (AvgIpc) is 2.50. The molecule has 1 heterocycles. The third kappa shape index (κ3) is 1.71. The highest BCUT2D eigenvalue weighted by Gasteiger charge is 2.28. The Labute approximate surface area is 98.1 Å². The highest BCUT2D eigenvalue weighted by atomic mass is 35.5. The van der Waals surface area contributed by atoms with E-state index in [1.54, 1.807) is 6.92 Å². The smallest absolute Gasteiger partial charge is 0.247 e. The summed E-state index contributed by atoms with van der Waals surface area (Å²) in [7, 11) is 0. The molecule has 4 heteroatoms. The molecule has 0 fully saturated rings. The number of halogens is 2. The molecule has 2 rings (SSSR count). The number of carbonyl (C=O) groups is 1. The normalized spacial score (nSPS) is 20.2. The quantitative estimate of drug-likeness (QED) is 0.802. The number of carbonyl (C=O) groups excluding carboxylic acids is 1. The number of rotatable bonds is 1.